The van der Waals surface area contributed by atoms with E-state index in [4.69, 9.17) is 14.2 Å². The van der Waals surface area contributed by atoms with E-state index in [0.29, 0.717) is 12.8 Å². The molecule has 6 nitrogen and oxygen atoms in total. The van der Waals surface area contributed by atoms with Crippen LogP contribution in [0, 0.1) is 0 Å². The first-order valence-electron chi connectivity index (χ1n) is 31.2. The van der Waals surface area contributed by atoms with Crippen LogP contribution >= 0.6 is 0 Å². The predicted octanol–water partition coefficient (Wildman–Crippen LogP) is 21.3. The van der Waals surface area contributed by atoms with Crippen LogP contribution in [0.25, 0.3) is 0 Å². The van der Waals surface area contributed by atoms with E-state index in [-0.39, 0.29) is 31.6 Å². The van der Waals surface area contributed by atoms with Gasteiger partial charge in [0.2, 0.25) is 0 Å². The molecular weight excluding hydrogens is 913 g/mol. The Balaban J connectivity index is 4.32. The molecule has 0 aromatic heterocycles. The standard InChI is InChI=1S/C68H116O6/c1-4-7-10-13-16-19-22-25-28-29-30-31-32-33-34-35-36-37-38-39-41-43-46-49-52-55-58-61-67(70)73-64-65(63-72-66(69)60-57-54-51-48-45-42-27-24-21-18-15-12-9-6-3)74-68(71)62-59-56-53-50-47-44-40-26-23-20-17-14-11-8-5-2/h8,11,15,17-18,20,24,26-27,29-30,40,47,50,56,59,65H,4-7,9-10,12-14,16,19,21-23,25,28,31-39,41-46,48-49,51-55,57-58,60-64H2,1-3H3/b11-8-,18-15-,20-17-,27-24-,30-29-,40-26-,50-47-,59-56-. The van der Waals surface area contributed by atoms with E-state index in [1.165, 1.54) is 161 Å². The molecule has 0 aliphatic heterocycles. The molecule has 424 valence electrons. The van der Waals surface area contributed by atoms with Crippen molar-refractivity contribution in [1.82, 2.24) is 0 Å². The second-order valence-corrected chi connectivity index (χ2v) is 20.6. The maximum Gasteiger partial charge on any atom is 0.310 e. The molecule has 0 amide bonds. The summed E-state index contributed by atoms with van der Waals surface area (Å²) in [6.45, 7) is 6.41. The van der Waals surface area contributed by atoms with Crippen molar-refractivity contribution >= 4 is 17.9 Å². The van der Waals surface area contributed by atoms with Gasteiger partial charge < -0.3 is 14.2 Å². The molecule has 0 radical (unpaired) electrons. The Hall–Kier alpha value is -3.67. The molecule has 0 aromatic carbocycles. The summed E-state index contributed by atoms with van der Waals surface area (Å²) in [4.78, 5) is 38.1. The summed E-state index contributed by atoms with van der Waals surface area (Å²) < 4.78 is 16.8. The van der Waals surface area contributed by atoms with Crippen molar-refractivity contribution in [3.8, 4) is 0 Å². The summed E-state index contributed by atoms with van der Waals surface area (Å²) in [5, 5.41) is 0. The average molecular weight is 1030 g/mol. The number of carbonyl (C=O) groups excluding carboxylic acids is 3. The third kappa shape index (κ3) is 59.2. The van der Waals surface area contributed by atoms with Crippen molar-refractivity contribution in [3.63, 3.8) is 0 Å². The topological polar surface area (TPSA) is 78.9 Å². The minimum Gasteiger partial charge on any atom is -0.462 e. The molecule has 0 heterocycles. The highest BCUT2D eigenvalue weighted by Crippen LogP contribution is 2.16. The molecule has 0 aromatic rings. The number of carbonyl (C=O) groups is 3. The molecular formula is C68H116O6. The second-order valence-electron chi connectivity index (χ2n) is 20.6. The Bertz CT molecular complexity index is 1460. The van der Waals surface area contributed by atoms with Crippen LogP contribution in [0.3, 0.4) is 0 Å². The van der Waals surface area contributed by atoms with Crippen LogP contribution in [-0.2, 0) is 28.6 Å². The zero-order valence-corrected chi connectivity index (χ0v) is 48.6. The van der Waals surface area contributed by atoms with Gasteiger partial charge in [-0.05, 0) is 96.3 Å². The molecule has 0 rings (SSSR count). The van der Waals surface area contributed by atoms with Gasteiger partial charge in [-0.1, -0.05) is 279 Å². The number of hydrogen-bond acceptors (Lipinski definition) is 6. The minimum absolute atomic E-state index is 0.0931. The van der Waals surface area contributed by atoms with Crippen LogP contribution in [0.2, 0.25) is 0 Å². The molecule has 0 aliphatic rings. The predicted molar refractivity (Wildman–Crippen MR) is 320 cm³/mol. The van der Waals surface area contributed by atoms with Crippen molar-refractivity contribution in [1.29, 1.82) is 0 Å². The Morgan fingerprint density at radius 1 is 0.297 bits per heavy atom. The number of rotatable bonds is 56. The Morgan fingerprint density at radius 2 is 0.581 bits per heavy atom. The van der Waals surface area contributed by atoms with Gasteiger partial charge in [0.05, 0.1) is 6.42 Å². The van der Waals surface area contributed by atoms with Gasteiger partial charge in [0, 0.05) is 12.8 Å². The highest BCUT2D eigenvalue weighted by molar-refractivity contribution is 5.72. The van der Waals surface area contributed by atoms with Crippen LogP contribution in [0.1, 0.15) is 297 Å². The zero-order valence-electron chi connectivity index (χ0n) is 48.6. The van der Waals surface area contributed by atoms with Crippen molar-refractivity contribution in [2.45, 2.75) is 303 Å². The number of hydrogen-bond donors (Lipinski definition) is 0. The molecule has 1 unspecified atom stereocenters. The summed E-state index contributed by atoms with van der Waals surface area (Å²) >= 11 is 0. The maximum absolute atomic E-state index is 12.8. The van der Waals surface area contributed by atoms with Gasteiger partial charge in [-0.25, -0.2) is 0 Å². The van der Waals surface area contributed by atoms with Crippen LogP contribution < -0.4 is 0 Å². The third-order valence-corrected chi connectivity index (χ3v) is 13.3. The third-order valence-electron chi connectivity index (χ3n) is 13.3. The molecule has 0 saturated carbocycles. The largest absolute Gasteiger partial charge is 0.462 e. The number of esters is 3. The van der Waals surface area contributed by atoms with E-state index in [2.05, 4.69) is 106 Å². The fourth-order valence-corrected chi connectivity index (χ4v) is 8.65. The lowest BCUT2D eigenvalue weighted by Crippen LogP contribution is -2.30. The number of ether oxygens (including phenoxy) is 3. The fourth-order valence-electron chi connectivity index (χ4n) is 8.65. The van der Waals surface area contributed by atoms with E-state index in [1.54, 1.807) is 6.08 Å². The van der Waals surface area contributed by atoms with Crippen LogP contribution in [0.4, 0.5) is 0 Å². The van der Waals surface area contributed by atoms with Crippen LogP contribution in [0.5, 0.6) is 0 Å². The van der Waals surface area contributed by atoms with Crippen molar-refractivity contribution in [2.24, 2.45) is 0 Å². The first kappa shape index (κ1) is 70.3. The monoisotopic (exact) mass is 1030 g/mol. The van der Waals surface area contributed by atoms with Crippen LogP contribution in [0.15, 0.2) is 97.2 Å². The molecule has 0 aliphatic carbocycles. The summed E-state index contributed by atoms with van der Waals surface area (Å²) in [6, 6.07) is 0. The lowest BCUT2D eigenvalue weighted by Gasteiger charge is -2.18. The van der Waals surface area contributed by atoms with E-state index >= 15 is 0 Å². The highest BCUT2D eigenvalue weighted by Gasteiger charge is 2.19. The number of allylic oxidation sites excluding steroid dienone is 15. The minimum atomic E-state index is -0.838. The van der Waals surface area contributed by atoms with Crippen molar-refractivity contribution in [2.75, 3.05) is 13.2 Å². The lowest BCUT2D eigenvalue weighted by molar-refractivity contribution is -0.166. The summed E-state index contributed by atoms with van der Waals surface area (Å²) in [7, 11) is 0. The Morgan fingerprint density at radius 3 is 0.946 bits per heavy atom. The van der Waals surface area contributed by atoms with E-state index in [0.717, 1.165) is 96.3 Å². The van der Waals surface area contributed by atoms with Crippen molar-refractivity contribution < 1.29 is 28.6 Å². The highest BCUT2D eigenvalue weighted by atomic mass is 16.6. The average Bonchev–Trinajstić information content (AvgIpc) is 3.40. The van der Waals surface area contributed by atoms with E-state index < -0.39 is 12.1 Å². The smallest absolute Gasteiger partial charge is 0.310 e. The lowest BCUT2D eigenvalue weighted by atomic mass is 10.0. The van der Waals surface area contributed by atoms with Gasteiger partial charge in [-0.3, -0.25) is 14.4 Å². The normalized spacial score (nSPS) is 12.7. The molecule has 1 atom stereocenters. The molecule has 74 heavy (non-hydrogen) atoms. The first-order chi connectivity index (χ1) is 36.5. The molecule has 0 fully saturated rings. The molecule has 0 bridgehead atoms. The van der Waals surface area contributed by atoms with Crippen LogP contribution in [-0.4, -0.2) is 37.2 Å². The Kier molecular flexibility index (Phi) is 58.8. The van der Waals surface area contributed by atoms with E-state index in [1.807, 2.05) is 6.08 Å². The molecule has 0 N–H and O–H groups in total. The first-order valence-corrected chi connectivity index (χ1v) is 31.2. The van der Waals surface area contributed by atoms with Gasteiger partial charge in [-0.2, -0.15) is 0 Å². The Labute approximate surface area is 457 Å². The fraction of sp³-hybridized carbons (Fsp3) is 0.721. The quantitative estimate of drug-likeness (QED) is 0.0261. The molecule has 6 heteroatoms. The van der Waals surface area contributed by atoms with Gasteiger partial charge in [0.15, 0.2) is 6.10 Å². The maximum atomic E-state index is 12.8. The SMILES string of the molecule is CC/C=C\C/C=C\C/C=C\C/C=C\C/C=C\CC(=O)OC(COC(=O)CCCCCCC/C=C\C/C=C\CCCC)COC(=O)CCCCCCCCCCCCCCCCC/C=C\CCCCCCCCCC. The summed E-state index contributed by atoms with van der Waals surface area (Å²) in [6.07, 6.45) is 83.1. The molecule has 0 saturated heterocycles. The molecule has 0 spiro atoms. The summed E-state index contributed by atoms with van der Waals surface area (Å²) in [5.41, 5.74) is 0. The second kappa shape index (κ2) is 61.9. The van der Waals surface area contributed by atoms with E-state index in [9.17, 15) is 14.4 Å². The van der Waals surface area contributed by atoms with Gasteiger partial charge in [0.1, 0.15) is 13.2 Å². The number of unbranched alkanes of at least 4 members (excludes halogenated alkanes) is 30. The van der Waals surface area contributed by atoms with Gasteiger partial charge in [0.25, 0.3) is 0 Å². The zero-order chi connectivity index (χ0) is 53.6. The van der Waals surface area contributed by atoms with Crippen molar-refractivity contribution in [3.05, 3.63) is 97.2 Å². The van der Waals surface area contributed by atoms with Gasteiger partial charge in [-0.15, -0.1) is 0 Å². The summed E-state index contributed by atoms with van der Waals surface area (Å²) in [5.74, 6) is -1.06. The van der Waals surface area contributed by atoms with Gasteiger partial charge >= 0.3 is 17.9 Å².